The predicted molar refractivity (Wildman–Crippen MR) is 173 cm³/mol. The van der Waals surface area contributed by atoms with E-state index in [0.717, 1.165) is 76.5 Å². The van der Waals surface area contributed by atoms with Crippen LogP contribution >= 0.6 is 0 Å². The standard InChI is InChI=1S/C22H17N2O.C15H28O2.Ir/c1-13(2)7-14-8-18-21-20(9-14)25-19-11-16-6-4-3-5-15(16)10-17(19)22(21)24-12-23-18;1-7-12(8-2)13(16)11(5)14(17)15(6,9-3)10-4;/h3-6,8-9,11-13H,7H2,1-2H3;12,16H,7-10H2,1-6H3;/q-1;;/b;13-11-;. The van der Waals surface area contributed by atoms with Crippen LogP contribution in [0, 0.1) is 23.3 Å². The molecule has 0 saturated heterocycles. The second-order valence-electron chi connectivity index (χ2n) is 12.1. The number of benzene rings is 3. The van der Waals surface area contributed by atoms with Crippen LogP contribution in [-0.4, -0.2) is 20.9 Å². The van der Waals surface area contributed by atoms with E-state index in [1.807, 2.05) is 46.8 Å². The number of carbonyl (C=O) groups excluding carboxylic acids is 1. The average molecular weight is 758 g/mol. The summed E-state index contributed by atoms with van der Waals surface area (Å²) in [5, 5.41) is 13.3. The molecular formula is C37H45IrN2O3-. The van der Waals surface area contributed by atoms with E-state index in [1.54, 1.807) is 13.3 Å². The molecule has 0 bridgehead atoms. The van der Waals surface area contributed by atoms with Crippen molar-refractivity contribution in [2.75, 3.05) is 0 Å². The molecule has 1 aliphatic heterocycles. The Morgan fingerprint density at radius 1 is 1.00 bits per heavy atom. The van der Waals surface area contributed by atoms with E-state index in [2.05, 4.69) is 60.2 Å². The third-order valence-corrected chi connectivity index (χ3v) is 8.82. The van der Waals surface area contributed by atoms with Gasteiger partial charge in [0.1, 0.15) is 17.8 Å². The molecule has 43 heavy (non-hydrogen) atoms. The van der Waals surface area contributed by atoms with Crippen LogP contribution in [0.25, 0.3) is 32.9 Å². The van der Waals surface area contributed by atoms with Gasteiger partial charge in [-0.25, -0.2) is 4.98 Å². The van der Waals surface area contributed by atoms with Crippen LogP contribution in [0.3, 0.4) is 0 Å². The molecule has 1 radical (unpaired) electrons. The molecule has 0 fully saturated rings. The summed E-state index contributed by atoms with van der Waals surface area (Å²) in [6, 6.07) is 18.0. The Morgan fingerprint density at radius 3 is 2.30 bits per heavy atom. The van der Waals surface area contributed by atoms with Gasteiger partial charge in [-0.1, -0.05) is 83.7 Å². The van der Waals surface area contributed by atoms with E-state index in [-0.39, 0.29) is 37.2 Å². The molecular weight excluding hydrogens is 713 g/mol. The second kappa shape index (κ2) is 14.6. The van der Waals surface area contributed by atoms with Crippen molar-refractivity contribution < 1.29 is 34.7 Å². The van der Waals surface area contributed by atoms with Crippen molar-refractivity contribution in [1.29, 1.82) is 0 Å². The molecule has 0 saturated carbocycles. The van der Waals surface area contributed by atoms with Crippen LogP contribution < -0.4 is 4.74 Å². The Bertz CT molecular complexity index is 1620. The molecule has 1 aliphatic rings. The van der Waals surface area contributed by atoms with E-state index < -0.39 is 0 Å². The molecule has 1 N–H and O–H groups in total. The van der Waals surface area contributed by atoms with E-state index in [0.29, 0.717) is 17.3 Å². The number of ether oxygens (including phenoxy) is 1. The van der Waals surface area contributed by atoms with Crippen molar-refractivity contribution in [3.05, 3.63) is 71.8 Å². The van der Waals surface area contributed by atoms with Crippen LogP contribution in [0.5, 0.6) is 11.5 Å². The summed E-state index contributed by atoms with van der Waals surface area (Å²) in [5.41, 5.74) is 4.23. The Morgan fingerprint density at radius 2 is 1.67 bits per heavy atom. The maximum atomic E-state index is 12.4. The van der Waals surface area contributed by atoms with Crippen LogP contribution in [0.1, 0.15) is 86.6 Å². The van der Waals surface area contributed by atoms with E-state index in [4.69, 9.17) is 4.74 Å². The Hall–Kier alpha value is -3.08. The number of hydrogen-bond donors (Lipinski definition) is 1. The first-order valence-electron chi connectivity index (χ1n) is 15.4. The fourth-order valence-electron chi connectivity index (χ4n) is 5.71. The summed E-state index contributed by atoms with van der Waals surface area (Å²) in [6.45, 7) is 16.3. The third-order valence-electron chi connectivity index (χ3n) is 8.82. The molecule has 1 aromatic heterocycles. The minimum absolute atomic E-state index is 0. The fraction of sp³-hybridized carbons (Fsp3) is 0.432. The van der Waals surface area contributed by atoms with Gasteiger partial charge in [-0.2, -0.15) is 0 Å². The Kier molecular flexibility index (Phi) is 11.7. The number of aliphatic hydroxyl groups excluding tert-OH is 1. The number of hydrogen-bond acceptors (Lipinski definition) is 5. The molecule has 2 heterocycles. The Balaban J connectivity index is 0.000000250. The number of Topliss-reactive ketones (excluding diaryl/α,β-unsaturated/α-hetero) is 1. The van der Waals surface area contributed by atoms with Crippen molar-refractivity contribution in [1.82, 2.24) is 9.97 Å². The normalized spacial score (nSPS) is 12.7. The third kappa shape index (κ3) is 7.19. The average Bonchev–Trinajstić information content (AvgIpc) is 2.99. The summed E-state index contributed by atoms with van der Waals surface area (Å²) < 4.78 is 6.27. The van der Waals surface area contributed by atoms with E-state index in [1.165, 1.54) is 5.56 Å². The van der Waals surface area contributed by atoms with Crippen molar-refractivity contribution in [2.45, 2.75) is 87.5 Å². The van der Waals surface area contributed by atoms with Crippen LogP contribution in [0.2, 0.25) is 0 Å². The van der Waals surface area contributed by atoms with Crippen molar-refractivity contribution >= 4 is 27.5 Å². The minimum atomic E-state index is -0.329. The molecule has 0 spiro atoms. The summed E-state index contributed by atoms with van der Waals surface area (Å²) in [4.78, 5) is 21.4. The maximum Gasteiger partial charge on any atom is 0.167 e. The molecule has 3 aromatic carbocycles. The predicted octanol–water partition coefficient (Wildman–Crippen LogP) is 10.2. The number of carbonyl (C=O) groups is 1. The second-order valence-corrected chi connectivity index (χ2v) is 12.1. The molecule has 6 heteroatoms. The number of allylic oxidation sites excluding steroid dienone is 2. The minimum Gasteiger partial charge on any atom is -0.512 e. The van der Waals surface area contributed by atoms with Gasteiger partial charge in [-0.3, -0.25) is 9.78 Å². The molecule has 4 aromatic rings. The number of nitrogens with zero attached hydrogens (tertiary/aromatic N) is 2. The monoisotopic (exact) mass is 758 g/mol. The molecule has 0 unspecified atom stereocenters. The van der Waals surface area contributed by atoms with Crippen LogP contribution in [0.15, 0.2) is 60.1 Å². The van der Waals surface area contributed by atoms with E-state index in [9.17, 15) is 9.90 Å². The summed E-state index contributed by atoms with van der Waals surface area (Å²) in [7, 11) is 0. The summed E-state index contributed by atoms with van der Waals surface area (Å²) in [6.07, 6.45) is 6.02. The van der Waals surface area contributed by atoms with Gasteiger partial charge in [0.2, 0.25) is 0 Å². The first-order valence-corrected chi connectivity index (χ1v) is 15.4. The van der Waals surface area contributed by atoms with Crippen molar-refractivity contribution in [3.63, 3.8) is 0 Å². The number of rotatable bonds is 9. The van der Waals surface area contributed by atoms with Gasteiger partial charge in [0.05, 0.1) is 11.3 Å². The van der Waals surface area contributed by atoms with Gasteiger partial charge in [0.15, 0.2) is 5.78 Å². The van der Waals surface area contributed by atoms with Gasteiger partial charge >= 0.3 is 0 Å². The van der Waals surface area contributed by atoms with Crippen LogP contribution in [0.4, 0.5) is 0 Å². The maximum absolute atomic E-state index is 12.4. The van der Waals surface area contributed by atoms with Crippen LogP contribution in [-0.2, 0) is 31.3 Å². The zero-order valence-electron chi connectivity index (χ0n) is 26.8. The van der Waals surface area contributed by atoms with E-state index >= 15 is 0 Å². The molecule has 0 atom stereocenters. The number of fused-ring (bicyclic) bond motifs is 3. The molecule has 5 nitrogen and oxygen atoms in total. The Labute approximate surface area is 270 Å². The van der Waals surface area contributed by atoms with Gasteiger partial charge in [-0.15, -0.1) is 17.5 Å². The SMILES string of the molecule is CC(C)Cc1cc2c3c(ncnc3c1)-c1[c-]c3ccccc3cc1O2.CCC(CC)/C(O)=C(\C)C(=O)C(C)(CC)CC.[Ir]. The van der Waals surface area contributed by atoms with Crippen molar-refractivity contribution in [2.24, 2.45) is 17.3 Å². The number of aliphatic hydroxyl groups is 1. The topological polar surface area (TPSA) is 72.3 Å². The molecule has 5 rings (SSSR count). The number of ketones is 1. The summed E-state index contributed by atoms with van der Waals surface area (Å²) >= 11 is 0. The zero-order valence-corrected chi connectivity index (χ0v) is 29.2. The first-order chi connectivity index (χ1) is 20.1. The summed E-state index contributed by atoms with van der Waals surface area (Å²) in [5.74, 6) is 2.77. The van der Waals surface area contributed by atoms with Gasteiger partial charge < -0.3 is 9.84 Å². The molecule has 231 valence electrons. The van der Waals surface area contributed by atoms with Gasteiger partial charge in [0.25, 0.3) is 0 Å². The van der Waals surface area contributed by atoms with Gasteiger partial charge in [0, 0.05) is 48.1 Å². The number of aromatic nitrogens is 2. The zero-order chi connectivity index (χ0) is 30.6. The molecule has 0 amide bonds. The largest absolute Gasteiger partial charge is 0.512 e. The quantitative estimate of drug-likeness (QED) is 0.0921. The van der Waals surface area contributed by atoms with Gasteiger partial charge in [-0.05, 0) is 62.6 Å². The molecule has 0 aliphatic carbocycles. The van der Waals surface area contributed by atoms with Crippen molar-refractivity contribution in [3.8, 4) is 22.8 Å². The smallest absolute Gasteiger partial charge is 0.167 e. The first kappa shape index (κ1) is 34.4. The fourth-order valence-corrected chi connectivity index (χ4v) is 5.71.